The first-order valence-corrected chi connectivity index (χ1v) is 16.6. The molecule has 1 aliphatic heterocycles. The summed E-state index contributed by atoms with van der Waals surface area (Å²) in [7, 11) is -3.96. The van der Waals surface area contributed by atoms with Gasteiger partial charge in [0.05, 0.1) is 10.6 Å². The van der Waals surface area contributed by atoms with Crippen LogP contribution in [-0.4, -0.2) is 47.9 Å². The van der Waals surface area contributed by atoms with E-state index in [0.717, 1.165) is 54.4 Å². The first-order chi connectivity index (χ1) is 20.4. The molecular formula is C33H41N5O4S. The molecule has 2 fully saturated rings. The summed E-state index contributed by atoms with van der Waals surface area (Å²) in [4.78, 5) is 23.5. The number of carbonyl (C=O) groups excluding carboxylic acids is 1. The van der Waals surface area contributed by atoms with Gasteiger partial charge < -0.3 is 10.5 Å². The van der Waals surface area contributed by atoms with E-state index in [0.29, 0.717) is 36.7 Å². The number of sulfonamides is 1. The number of amides is 1. The van der Waals surface area contributed by atoms with Crippen LogP contribution < -0.4 is 15.2 Å². The highest BCUT2D eigenvalue weighted by Gasteiger charge is 2.56. The SMILES string of the molecule is Cc1cccc(C)c1-c1cc2nc(n1)NS(=O)(=O)c1cccc(c1)CN(C1CC3(CC(C(N)=O)C3)C1)[C@H](CC(C)C)CO2. The van der Waals surface area contributed by atoms with Gasteiger partial charge >= 0.3 is 0 Å². The average molecular weight is 604 g/mol. The number of hydrogen-bond donors (Lipinski definition) is 2. The van der Waals surface area contributed by atoms with Gasteiger partial charge in [-0.3, -0.25) is 9.69 Å². The molecule has 228 valence electrons. The second-order valence-corrected chi connectivity index (χ2v) is 15.0. The summed E-state index contributed by atoms with van der Waals surface area (Å²) in [5, 5.41) is 0. The zero-order chi connectivity index (χ0) is 30.5. The van der Waals surface area contributed by atoms with Crippen LogP contribution in [0.4, 0.5) is 5.95 Å². The number of ether oxygens (including phenoxy) is 1. The zero-order valence-electron chi connectivity index (χ0n) is 25.3. The van der Waals surface area contributed by atoms with Crippen LogP contribution in [0.3, 0.4) is 0 Å². The molecule has 1 atom stereocenters. The number of hydrogen-bond acceptors (Lipinski definition) is 7. The minimum atomic E-state index is -3.96. The Kier molecular flexibility index (Phi) is 7.71. The molecule has 3 aliphatic rings. The molecular weight excluding hydrogens is 562 g/mol. The van der Waals surface area contributed by atoms with Gasteiger partial charge in [-0.2, -0.15) is 4.98 Å². The zero-order valence-corrected chi connectivity index (χ0v) is 26.2. The Hall–Kier alpha value is -3.50. The van der Waals surface area contributed by atoms with Crippen molar-refractivity contribution in [2.24, 2.45) is 23.0 Å². The van der Waals surface area contributed by atoms with Gasteiger partial charge in [0.15, 0.2) is 0 Å². The molecule has 0 unspecified atom stereocenters. The van der Waals surface area contributed by atoms with E-state index in [2.05, 4.69) is 33.4 Å². The lowest BCUT2D eigenvalue weighted by molar-refractivity contribution is -0.143. The predicted octanol–water partition coefficient (Wildman–Crippen LogP) is 5.21. The number of primary amides is 1. The first kappa shape index (κ1) is 29.6. The number of nitrogens with two attached hydrogens (primary N) is 1. The van der Waals surface area contributed by atoms with Crippen molar-refractivity contribution in [3.8, 4) is 17.1 Å². The van der Waals surface area contributed by atoms with Gasteiger partial charge in [-0.1, -0.05) is 44.2 Å². The Balaban J connectivity index is 1.39. The average Bonchev–Trinajstić information content (AvgIpc) is 2.88. The van der Waals surface area contributed by atoms with Crippen molar-refractivity contribution in [2.75, 3.05) is 11.3 Å². The Morgan fingerprint density at radius 1 is 1.07 bits per heavy atom. The van der Waals surface area contributed by atoms with E-state index in [4.69, 9.17) is 10.5 Å². The molecule has 3 N–H and O–H groups in total. The van der Waals surface area contributed by atoms with Crippen LogP contribution in [0, 0.1) is 31.1 Å². The summed E-state index contributed by atoms with van der Waals surface area (Å²) in [5.41, 5.74) is 10.3. The molecule has 6 rings (SSSR count). The number of fused-ring (bicyclic) bond motifs is 4. The highest BCUT2D eigenvalue weighted by atomic mass is 32.2. The molecule has 2 heterocycles. The van der Waals surface area contributed by atoms with Crippen molar-refractivity contribution in [3.63, 3.8) is 0 Å². The van der Waals surface area contributed by atoms with Crippen LogP contribution in [0.2, 0.25) is 0 Å². The summed E-state index contributed by atoms with van der Waals surface area (Å²) in [6.07, 6.45) is 4.63. The van der Waals surface area contributed by atoms with Gasteiger partial charge in [0.25, 0.3) is 10.0 Å². The molecule has 1 aromatic heterocycles. The van der Waals surface area contributed by atoms with Gasteiger partial charge in [-0.25, -0.2) is 18.1 Å². The molecule has 1 amide bonds. The Morgan fingerprint density at radius 2 is 1.77 bits per heavy atom. The molecule has 0 saturated heterocycles. The maximum Gasteiger partial charge on any atom is 0.264 e. The number of benzene rings is 2. The second-order valence-electron chi connectivity index (χ2n) is 13.3. The van der Waals surface area contributed by atoms with E-state index in [1.54, 1.807) is 24.3 Å². The monoisotopic (exact) mass is 603 g/mol. The fourth-order valence-electron chi connectivity index (χ4n) is 7.37. The number of nitrogens with zero attached hydrogens (tertiary/aromatic N) is 3. The molecule has 0 radical (unpaired) electrons. The lowest BCUT2D eigenvalue weighted by atomic mass is 9.49. The highest BCUT2D eigenvalue weighted by molar-refractivity contribution is 7.92. The van der Waals surface area contributed by atoms with Gasteiger partial charge in [0.2, 0.25) is 17.7 Å². The van der Waals surface area contributed by atoms with E-state index in [-0.39, 0.29) is 34.1 Å². The van der Waals surface area contributed by atoms with Gasteiger partial charge in [-0.05, 0) is 86.1 Å². The van der Waals surface area contributed by atoms with Crippen molar-refractivity contribution in [2.45, 2.75) is 83.3 Å². The molecule has 2 aliphatic carbocycles. The molecule has 4 bridgehead atoms. The molecule has 2 aromatic carbocycles. The Morgan fingerprint density at radius 3 is 2.44 bits per heavy atom. The van der Waals surface area contributed by atoms with E-state index in [1.807, 2.05) is 38.1 Å². The minimum Gasteiger partial charge on any atom is -0.476 e. The topological polar surface area (TPSA) is 128 Å². The number of anilines is 1. The summed E-state index contributed by atoms with van der Waals surface area (Å²) in [6.45, 7) is 9.45. The quantitative estimate of drug-likeness (QED) is 0.410. The fourth-order valence-corrected chi connectivity index (χ4v) is 8.38. The summed E-state index contributed by atoms with van der Waals surface area (Å²) in [6, 6.07) is 15.3. The number of nitrogens with one attached hydrogen (secondary N) is 1. The second kappa shape index (κ2) is 11.2. The van der Waals surface area contributed by atoms with E-state index < -0.39 is 10.0 Å². The van der Waals surface area contributed by atoms with Crippen molar-refractivity contribution in [1.82, 2.24) is 14.9 Å². The standard InChI is InChI=1S/C33H41N5O4S/c1-20(2)11-25-19-42-29-13-28(30-21(3)7-5-8-22(30)4)35-32(36-29)37-43(40,41)27-10-6-9-23(12-27)18-38(25)26-16-33(17-26)14-24(15-33)31(34)39/h5-10,12-13,20,24-26H,11,14-19H2,1-4H3,(H2,34,39)(H,35,36,37)/t24?,25-,26?,33?/m1/s1. The Bertz CT molecular complexity index is 1620. The number of aromatic nitrogens is 2. The number of carbonyl (C=O) groups is 1. The van der Waals surface area contributed by atoms with Crippen LogP contribution in [-0.2, 0) is 21.4 Å². The molecule has 3 aromatic rings. The third kappa shape index (κ3) is 5.99. The van der Waals surface area contributed by atoms with E-state index >= 15 is 0 Å². The van der Waals surface area contributed by atoms with E-state index in [9.17, 15) is 13.2 Å². The van der Waals surface area contributed by atoms with Crippen LogP contribution in [0.25, 0.3) is 11.3 Å². The van der Waals surface area contributed by atoms with Crippen LogP contribution in [0.1, 0.15) is 62.6 Å². The summed E-state index contributed by atoms with van der Waals surface area (Å²) in [5.74, 6) is 0.519. The van der Waals surface area contributed by atoms with E-state index in [1.165, 1.54) is 0 Å². The largest absolute Gasteiger partial charge is 0.476 e. The predicted molar refractivity (Wildman–Crippen MR) is 166 cm³/mol. The summed E-state index contributed by atoms with van der Waals surface area (Å²) >= 11 is 0. The molecule has 2 saturated carbocycles. The fraction of sp³-hybridized carbons (Fsp3) is 0.485. The normalized spacial score (nSPS) is 26.6. The highest BCUT2D eigenvalue weighted by Crippen LogP contribution is 2.60. The molecule has 9 nitrogen and oxygen atoms in total. The molecule has 43 heavy (non-hydrogen) atoms. The summed E-state index contributed by atoms with van der Waals surface area (Å²) < 4.78 is 36.2. The smallest absolute Gasteiger partial charge is 0.264 e. The first-order valence-electron chi connectivity index (χ1n) is 15.2. The Labute approximate surface area is 254 Å². The van der Waals surface area contributed by atoms with Gasteiger partial charge in [0, 0.05) is 36.2 Å². The van der Waals surface area contributed by atoms with Crippen molar-refractivity contribution in [3.05, 3.63) is 65.2 Å². The van der Waals surface area contributed by atoms with Crippen LogP contribution >= 0.6 is 0 Å². The van der Waals surface area contributed by atoms with Crippen LogP contribution in [0.5, 0.6) is 5.88 Å². The third-order valence-electron chi connectivity index (χ3n) is 9.44. The lowest BCUT2D eigenvalue weighted by Gasteiger charge is -2.60. The van der Waals surface area contributed by atoms with Crippen molar-refractivity contribution in [1.29, 1.82) is 0 Å². The molecule has 10 heteroatoms. The lowest BCUT2D eigenvalue weighted by Crippen LogP contribution is -2.60. The third-order valence-corrected chi connectivity index (χ3v) is 10.8. The van der Waals surface area contributed by atoms with Crippen LogP contribution in [0.15, 0.2) is 53.4 Å². The van der Waals surface area contributed by atoms with Crippen molar-refractivity contribution >= 4 is 21.9 Å². The maximum absolute atomic E-state index is 13.6. The van der Waals surface area contributed by atoms with Gasteiger partial charge in [0.1, 0.15) is 6.61 Å². The molecule has 1 spiro atoms. The number of rotatable bonds is 5. The number of aryl methyl sites for hydroxylation is 2. The minimum absolute atomic E-state index is 0.0155. The van der Waals surface area contributed by atoms with Crippen molar-refractivity contribution < 1.29 is 17.9 Å². The maximum atomic E-state index is 13.6. The van der Waals surface area contributed by atoms with Gasteiger partial charge in [-0.15, -0.1) is 0 Å².